The predicted octanol–water partition coefficient (Wildman–Crippen LogP) is 2.96. The molecule has 2 rings (SSSR count). The molecular weight excluding hydrogens is 310 g/mol. The van der Waals surface area contributed by atoms with E-state index in [4.69, 9.17) is 15.0 Å². The summed E-state index contributed by atoms with van der Waals surface area (Å²) >= 11 is 3.44. The van der Waals surface area contributed by atoms with Gasteiger partial charge in [0.25, 0.3) is 0 Å². The Kier molecular flexibility index (Phi) is 4.55. The average molecular weight is 326 g/mol. The Morgan fingerprint density at radius 2 is 2.26 bits per heavy atom. The fraction of sp³-hybridized carbons (Fsp3) is 0.385. The Balaban J connectivity index is 2.25. The van der Waals surface area contributed by atoms with Crippen LogP contribution in [0.15, 0.2) is 27.2 Å². The summed E-state index contributed by atoms with van der Waals surface area (Å²) in [6.45, 7) is 2.63. The molecule has 2 aromatic rings. The van der Waals surface area contributed by atoms with Crippen LogP contribution in [0, 0.1) is 0 Å². The molecule has 0 radical (unpaired) electrons. The molecule has 102 valence electrons. The summed E-state index contributed by atoms with van der Waals surface area (Å²) in [7, 11) is 1.63. The van der Waals surface area contributed by atoms with Crippen molar-refractivity contribution in [1.82, 2.24) is 10.1 Å². The van der Waals surface area contributed by atoms with E-state index >= 15 is 0 Å². The zero-order valence-corrected chi connectivity index (χ0v) is 12.5. The lowest BCUT2D eigenvalue weighted by Gasteiger charge is -2.03. The molecule has 0 saturated carbocycles. The molecule has 6 heteroatoms. The normalized spacial score (nSPS) is 12.4. The molecule has 1 heterocycles. The minimum atomic E-state index is 0.174. The summed E-state index contributed by atoms with van der Waals surface area (Å²) < 4.78 is 11.3. The van der Waals surface area contributed by atoms with Crippen LogP contribution in [-0.2, 0) is 0 Å². The van der Waals surface area contributed by atoms with E-state index < -0.39 is 0 Å². The third-order valence-electron chi connectivity index (χ3n) is 2.87. The highest BCUT2D eigenvalue weighted by Crippen LogP contribution is 2.30. The van der Waals surface area contributed by atoms with Gasteiger partial charge in [0.1, 0.15) is 5.75 Å². The molecule has 19 heavy (non-hydrogen) atoms. The van der Waals surface area contributed by atoms with Gasteiger partial charge in [-0.25, -0.2) is 0 Å². The summed E-state index contributed by atoms with van der Waals surface area (Å²) in [5.41, 5.74) is 6.40. The fourth-order valence-electron chi connectivity index (χ4n) is 1.73. The molecule has 1 atom stereocenters. The van der Waals surface area contributed by atoms with Gasteiger partial charge in [0, 0.05) is 11.5 Å². The Labute approximate surface area is 120 Å². The number of hydrogen-bond acceptors (Lipinski definition) is 5. The SMILES string of the molecule is COc1ccc(-c2noc(C(C)CCN)n2)cc1Br. The van der Waals surface area contributed by atoms with Gasteiger partial charge in [0.05, 0.1) is 11.6 Å². The number of aromatic nitrogens is 2. The summed E-state index contributed by atoms with van der Waals surface area (Å²) in [5.74, 6) is 2.13. The second-order valence-electron chi connectivity index (χ2n) is 4.28. The molecule has 0 saturated heterocycles. The topological polar surface area (TPSA) is 74.2 Å². The van der Waals surface area contributed by atoms with Crippen molar-refractivity contribution in [2.45, 2.75) is 19.3 Å². The van der Waals surface area contributed by atoms with E-state index in [1.165, 1.54) is 0 Å². The maximum atomic E-state index is 5.53. The Hall–Kier alpha value is -1.40. The third-order valence-corrected chi connectivity index (χ3v) is 3.49. The summed E-state index contributed by atoms with van der Waals surface area (Å²) in [6.07, 6.45) is 0.827. The van der Waals surface area contributed by atoms with Gasteiger partial charge in [-0.05, 0) is 47.1 Å². The van der Waals surface area contributed by atoms with Crippen molar-refractivity contribution >= 4 is 15.9 Å². The molecular formula is C13H16BrN3O2. The van der Waals surface area contributed by atoms with E-state index in [1.54, 1.807) is 7.11 Å². The molecule has 0 spiro atoms. The predicted molar refractivity (Wildman–Crippen MR) is 76.1 cm³/mol. The second-order valence-corrected chi connectivity index (χ2v) is 5.14. The van der Waals surface area contributed by atoms with E-state index in [-0.39, 0.29) is 5.92 Å². The number of nitrogens with zero attached hydrogens (tertiary/aromatic N) is 2. The highest BCUT2D eigenvalue weighted by Gasteiger charge is 2.15. The summed E-state index contributed by atoms with van der Waals surface area (Å²) in [6, 6.07) is 5.66. The smallest absolute Gasteiger partial charge is 0.229 e. The Morgan fingerprint density at radius 3 is 2.89 bits per heavy atom. The summed E-state index contributed by atoms with van der Waals surface area (Å²) in [5, 5.41) is 4.00. The highest BCUT2D eigenvalue weighted by molar-refractivity contribution is 9.10. The number of benzene rings is 1. The first-order valence-corrected chi connectivity index (χ1v) is 6.82. The van der Waals surface area contributed by atoms with Gasteiger partial charge >= 0.3 is 0 Å². The second kappa shape index (κ2) is 6.16. The Bertz CT molecular complexity index is 557. The van der Waals surface area contributed by atoms with Crippen molar-refractivity contribution < 1.29 is 9.26 Å². The lowest BCUT2D eigenvalue weighted by molar-refractivity contribution is 0.355. The van der Waals surface area contributed by atoms with Crippen molar-refractivity contribution in [3.63, 3.8) is 0 Å². The van der Waals surface area contributed by atoms with Crippen LogP contribution >= 0.6 is 15.9 Å². The molecule has 1 aromatic carbocycles. The van der Waals surface area contributed by atoms with Gasteiger partial charge in [-0.1, -0.05) is 12.1 Å². The van der Waals surface area contributed by atoms with Crippen molar-refractivity contribution in [2.75, 3.05) is 13.7 Å². The molecule has 0 fully saturated rings. The minimum Gasteiger partial charge on any atom is -0.496 e. The number of ether oxygens (including phenoxy) is 1. The van der Waals surface area contributed by atoms with E-state index in [1.807, 2.05) is 25.1 Å². The van der Waals surface area contributed by atoms with E-state index in [9.17, 15) is 0 Å². The van der Waals surface area contributed by atoms with Crippen molar-refractivity contribution in [3.8, 4) is 17.1 Å². The first kappa shape index (κ1) is 14.0. The molecule has 0 amide bonds. The van der Waals surface area contributed by atoms with Crippen LogP contribution in [0.4, 0.5) is 0 Å². The lowest BCUT2D eigenvalue weighted by atomic mass is 10.1. The molecule has 1 unspecified atom stereocenters. The lowest BCUT2D eigenvalue weighted by Crippen LogP contribution is -2.04. The number of rotatable bonds is 5. The highest BCUT2D eigenvalue weighted by atomic mass is 79.9. The zero-order chi connectivity index (χ0) is 13.8. The zero-order valence-electron chi connectivity index (χ0n) is 10.9. The van der Waals surface area contributed by atoms with E-state index in [2.05, 4.69) is 26.1 Å². The van der Waals surface area contributed by atoms with Crippen LogP contribution in [0.5, 0.6) is 5.75 Å². The molecule has 0 aliphatic rings. The van der Waals surface area contributed by atoms with Gasteiger partial charge in [-0.3, -0.25) is 0 Å². The van der Waals surface area contributed by atoms with Crippen LogP contribution in [0.1, 0.15) is 25.2 Å². The standard InChI is InChI=1S/C13H16BrN3O2/c1-8(5-6-15)13-16-12(17-19-13)9-3-4-11(18-2)10(14)7-9/h3-4,7-8H,5-6,15H2,1-2H3. The number of hydrogen-bond donors (Lipinski definition) is 1. The molecule has 5 nitrogen and oxygen atoms in total. The number of halogens is 1. The molecule has 1 aromatic heterocycles. The number of methoxy groups -OCH3 is 1. The maximum Gasteiger partial charge on any atom is 0.229 e. The fourth-order valence-corrected chi connectivity index (χ4v) is 2.27. The van der Waals surface area contributed by atoms with Gasteiger partial charge < -0.3 is 15.0 Å². The molecule has 0 aliphatic heterocycles. The maximum absolute atomic E-state index is 5.53. The largest absolute Gasteiger partial charge is 0.496 e. The first-order chi connectivity index (χ1) is 9.15. The van der Waals surface area contributed by atoms with Crippen LogP contribution < -0.4 is 10.5 Å². The monoisotopic (exact) mass is 325 g/mol. The van der Waals surface area contributed by atoms with Gasteiger partial charge in [-0.15, -0.1) is 0 Å². The van der Waals surface area contributed by atoms with Gasteiger partial charge in [0.2, 0.25) is 11.7 Å². The van der Waals surface area contributed by atoms with Gasteiger partial charge in [-0.2, -0.15) is 4.98 Å². The van der Waals surface area contributed by atoms with Crippen LogP contribution in [0.2, 0.25) is 0 Å². The van der Waals surface area contributed by atoms with Crippen LogP contribution in [0.25, 0.3) is 11.4 Å². The third kappa shape index (κ3) is 3.13. The first-order valence-electron chi connectivity index (χ1n) is 6.03. The quantitative estimate of drug-likeness (QED) is 0.914. The van der Waals surface area contributed by atoms with Gasteiger partial charge in [0.15, 0.2) is 0 Å². The average Bonchev–Trinajstić information content (AvgIpc) is 2.88. The minimum absolute atomic E-state index is 0.174. The number of nitrogens with two attached hydrogens (primary N) is 1. The van der Waals surface area contributed by atoms with Crippen LogP contribution in [0.3, 0.4) is 0 Å². The van der Waals surface area contributed by atoms with Crippen molar-refractivity contribution in [3.05, 3.63) is 28.6 Å². The Morgan fingerprint density at radius 1 is 1.47 bits per heavy atom. The summed E-state index contributed by atoms with van der Waals surface area (Å²) in [4.78, 5) is 4.40. The van der Waals surface area contributed by atoms with E-state index in [0.717, 1.165) is 22.2 Å². The van der Waals surface area contributed by atoms with Crippen molar-refractivity contribution in [2.24, 2.45) is 5.73 Å². The molecule has 2 N–H and O–H groups in total. The van der Waals surface area contributed by atoms with Crippen LogP contribution in [-0.4, -0.2) is 23.8 Å². The molecule has 0 aliphatic carbocycles. The molecule has 0 bridgehead atoms. The van der Waals surface area contributed by atoms with Crippen molar-refractivity contribution in [1.29, 1.82) is 0 Å². The van der Waals surface area contributed by atoms with E-state index in [0.29, 0.717) is 18.3 Å².